The van der Waals surface area contributed by atoms with E-state index in [2.05, 4.69) is 10.0 Å². The first-order valence-electron chi connectivity index (χ1n) is 9.40. The molecule has 2 aromatic rings. The summed E-state index contributed by atoms with van der Waals surface area (Å²) in [5.74, 6) is -1.43. The van der Waals surface area contributed by atoms with E-state index in [-0.39, 0.29) is 10.8 Å². The number of hydrogen-bond donors (Lipinski definition) is 2. The van der Waals surface area contributed by atoms with Gasteiger partial charge in [-0.15, -0.1) is 0 Å². The molecule has 160 valence electrons. The smallest absolute Gasteiger partial charge is 0.324 e. The first-order chi connectivity index (χ1) is 14.2. The molecule has 1 atom stereocenters. The molecule has 0 fully saturated rings. The number of hydrogen-bond acceptors (Lipinski definition) is 6. The second-order valence-corrected chi connectivity index (χ2v) is 8.28. The molecule has 0 unspecified atom stereocenters. The molecule has 0 saturated carbocycles. The molecule has 0 aliphatic heterocycles. The Balaban J connectivity index is 1.87. The van der Waals surface area contributed by atoms with E-state index in [1.54, 1.807) is 30.3 Å². The van der Waals surface area contributed by atoms with Gasteiger partial charge in [0.05, 0.1) is 4.90 Å². The SMILES string of the molecule is CCCC(=O)Nc1ccc(C(=O)COC(=O)[C@H](C)NS(=O)(=O)c2ccccc2)cc1. The van der Waals surface area contributed by atoms with E-state index in [4.69, 9.17) is 4.74 Å². The van der Waals surface area contributed by atoms with Crippen LogP contribution in [0.1, 0.15) is 37.0 Å². The van der Waals surface area contributed by atoms with Gasteiger partial charge in [0.1, 0.15) is 6.04 Å². The Morgan fingerprint density at radius 2 is 1.63 bits per heavy atom. The first-order valence-corrected chi connectivity index (χ1v) is 10.9. The molecular formula is C21H24N2O6S. The lowest BCUT2D eigenvalue weighted by atomic mass is 10.1. The maximum absolute atomic E-state index is 12.2. The minimum Gasteiger partial charge on any atom is -0.456 e. The van der Waals surface area contributed by atoms with Crippen LogP contribution in [0.15, 0.2) is 59.5 Å². The number of benzene rings is 2. The number of carbonyl (C=O) groups is 3. The second-order valence-electron chi connectivity index (χ2n) is 6.56. The summed E-state index contributed by atoms with van der Waals surface area (Å²) in [6, 6.07) is 12.6. The quantitative estimate of drug-likeness (QED) is 0.440. The summed E-state index contributed by atoms with van der Waals surface area (Å²) >= 11 is 0. The van der Waals surface area contributed by atoms with Gasteiger partial charge in [-0.1, -0.05) is 25.1 Å². The van der Waals surface area contributed by atoms with Crippen LogP contribution in [0.3, 0.4) is 0 Å². The molecule has 0 aliphatic rings. The normalized spacial score (nSPS) is 12.1. The summed E-state index contributed by atoms with van der Waals surface area (Å²) < 4.78 is 31.6. The zero-order valence-electron chi connectivity index (χ0n) is 16.8. The number of anilines is 1. The van der Waals surface area contributed by atoms with E-state index in [1.165, 1.54) is 31.2 Å². The van der Waals surface area contributed by atoms with Crippen molar-refractivity contribution >= 4 is 33.4 Å². The Bertz CT molecular complexity index is 988. The van der Waals surface area contributed by atoms with Crippen LogP contribution in [-0.2, 0) is 24.3 Å². The topological polar surface area (TPSA) is 119 Å². The molecule has 8 nitrogen and oxygen atoms in total. The van der Waals surface area contributed by atoms with Crippen molar-refractivity contribution in [3.63, 3.8) is 0 Å². The molecule has 0 aromatic heterocycles. The summed E-state index contributed by atoms with van der Waals surface area (Å²) in [5.41, 5.74) is 0.861. The molecule has 2 N–H and O–H groups in total. The van der Waals surface area contributed by atoms with Gasteiger partial charge in [0.25, 0.3) is 0 Å². The van der Waals surface area contributed by atoms with Crippen molar-refractivity contribution in [2.45, 2.75) is 37.6 Å². The van der Waals surface area contributed by atoms with Crippen LogP contribution in [0.25, 0.3) is 0 Å². The molecule has 0 aliphatic carbocycles. The Morgan fingerprint density at radius 1 is 1.00 bits per heavy atom. The van der Waals surface area contributed by atoms with Gasteiger partial charge in [-0.05, 0) is 49.7 Å². The van der Waals surface area contributed by atoms with Crippen molar-refractivity contribution < 1.29 is 27.5 Å². The van der Waals surface area contributed by atoms with Gasteiger partial charge in [0, 0.05) is 17.7 Å². The third kappa shape index (κ3) is 6.78. The molecule has 2 rings (SSSR count). The minimum atomic E-state index is -3.88. The third-order valence-electron chi connectivity index (χ3n) is 4.05. The van der Waals surface area contributed by atoms with Gasteiger partial charge >= 0.3 is 5.97 Å². The standard InChI is InChI=1S/C21H24N2O6S/c1-3-7-20(25)22-17-12-10-16(11-13-17)19(24)14-29-21(26)15(2)23-30(27,28)18-8-5-4-6-9-18/h4-6,8-13,15,23H,3,7,14H2,1-2H3,(H,22,25)/t15-/m0/s1. The number of carbonyl (C=O) groups excluding carboxylic acids is 3. The van der Waals surface area contributed by atoms with Gasteiger partial charge in [-0.25, -0.2) is 8.42 Å². The predicted molar refractivity (Wildman–Crippen MR) is 111 cm³/mol. The van der Waals surface area contributed by atoms with Crippen LogP contribution in [0.2, 0.25) is 0 Å². The van der Waals surface area contributed by atoms with Gasteiger partial charge in [-0.3, -0.25) is 14.4 Å². The van der Waals surface area contributed by atoms with Gasteiger partial charge < -0.3 is 10.1 Å². The second kappa shape index (κ2) is 10.7. The van der Waals surface area contributed by atoms with Crippen molar-refractivity contribution in [3.05, 3.63) is 60.2 Å². The van der Waals surface area contributed by atoms with E-state index in [0.29, 0.717) is 17.7 Å². The molecule has 30 heavy (non-hydrogen) atoms. The Hall–Kier alpha value is -3.04. The zero-order valence-corrected chi connectivity index (χ0v) is 17.6. The van der Waals surface area contributed by atoms with Crippen molar-refractivity contribution in [3.8, 4) is 0 Å². The number of ether oxygens (including phenoxy) is 1. The van der Waals surface area contributed by atoms with Gasteiger partial charge in [0.15, 0.2) is 12.4 Å². The average molecular weight is 432 g/mol. The molecule has 9 heteroatoms. The lowest BCUT2D eigenvalue weighted by molar-refractivity contribution is -0.144. The van der Waals surface area contributed by atoms with E-state index in [1.807, 2.05) is 6.92 Å². The van der Waals surface area contributed by atoms with Gasteiger partial charge in [-0.2, -0.15) is 4.72 Å². The highest BCUT2D eigenvalue weighted by Crippen LogP contribution is 2.12. The van der Waals surface area contributed by atoms with Crippen LogP contribution in [0.4, 0.5) is 5.69 Å². The number of sulfonamides is 1. The van der Waals surface area contributed by atoms with E-state index in [9.17, 15) is 22.8 Å². The van der Waals surface area contributed by atoms with E-state index < -0.39 is 34.4 Å². The van der Waals surface area contributed by atoms with Crippen molar-refractivity contribution in [2.24, 2.45) is 0 Å². The molecule has 0 spiro atoms. The number of esters is 1. The molecule has 0 bridgehead atoms. The Labute approximate surface area is 175 Å². The Morgan fingerprint density at radius 3 is 2.23 bits per heavy atom. The highest BCUT2D eigenvalue weighted by Gasteiger charge is 2.23. The maximum atomic E-state index is 12.2. The molecule has 2 aromatic carbocycles. The third-order valence-corrected chi connectivity index (χ3v) is 5.61. The van der Waals surface area contributed by atoms with Crippen molar-refractivity contribution in [1.29, 1.82) is 0 Å². The summed E-state index contributed by atoms with van der Waals surface area (Å²) in [4.78, 5) is 35.9. The van der Waals surface area contributed by atoms with E-state index >= 15 is 0 Å². The van der Waals surface area contributed by atoms with Crippen molar-refractivity contribution in [1.82, 2.24) is 4.72 Å². The van der Waals surface area contributed by atoms with Gasteiger partial charge in [0.2, 0.25) is 15.9 Å². The van der Waals surface area contributed by atoms with Crippen LogP contribution < -0.4 is 10.0 Å². The molecule has 0 radical (unpaired) electrons. The van der Waals surface area contributed by atoms with Crippen LogP contribution in [-0.4, -0.2) is 38.7 Å². The maximum Gasteiger partial charge on any atom is 0.324 e. The summed E-state index contributed by atoms with van der Waals surface area (Å²) in [7, 11) is -3.88. The molecule has 1 amide bonds. The summed E-state index contributed by atoms with van der Waals surface area (Å²) in [6.07, 6.45) is 1.14. The lowest BCUT2D eigenvalue weighted by Crippen LogP contribution is -2.40. The highest BCUT2D eigenvalue weighted by atomic mass is 32.2. The zero-order chi connectivity index (χ0) is 22.1. The fourth-order valence-corrected chi connectivity index (χ4v) is 3.70. The largest absolute Gasteiger partial charge is 0.456 e. The number of rotatable bonds is 10. The summed E-state index contributed by atoms with van der Waals surface area (Å²) in [5, 5.41) is 2.71. The summed E-state index contributed by atoms with van der Waals surface area (Å²) in [6.45, 7) is 2.70. The fraction of sp³-hybridized carbons (Fsp3) is 0.286. The van der Waals surface area contributed by atoms with Crippen molar-refractivity contribution in [2.75, 3.05) is 11.9 Å². The molecular weight excluding hydrogens is 408 g/mol. The predicted octanol–water partition coefficient (Wildman–Crippen LogP) is 2.52. The average Bonchev–Trinajstić information content (AvgIpc) is 2.72. The first kappa shape index (κ1) is 23.2. The number of Topliss-reactive ketones (excluding diaryl/α,β-unsaturated/α-hetero) is 1. The van der Waals surface area contributed by atoms with Crippen LogP contribution in [0, 0.1) is 0 Å². The Kier molecular flexibility index (Phi) is 8.25. The minimum absolute atomic E-state index is 0.0202. The monoisotopic (exact) mass is 432 g/mol. The van der Waals surface area contributed by atoms with Crippen LogP contribution >= 0.6 is 0 Å². The number of nitrogens with one attached hydrogen (secondary N) is 2. The van der Waals surface area contributed by atoms with Crippen LogP contribution in [0.5, 0.6) is 0 Å². The fourth-order valence-electron chi connectivity index (χ4n) is 2.48. The number of amides is 1. The lowest BCUT2D eigenvalue weighted by Gasteiger charge is -2.13. The highest BCUT2D eigenvalue weighted by molar-refractivity contribution is 7.89. The molecule has 0 saturated heterocycles. The van der Waals surface area contributed by atoms with E-state index in [0.717, 1.165) is 6.42 Å². The number of ketones is 1. The molecule has 0 heterocycles.